The van der Waals surface area contributed by atoms with E-state index in [1.165, 1.54) is 26.4 Å². The summed E-state index contributed by atoms with van der Waals surface area (Å²) in [7, 11) is 6.45. The Morgan fingerprint density at radius 3 is 2.68 bits per heavy atom. The molecule has 0 bridgehead atoms. The highest BCUT2D eigenvalue weighted by Gasteiger charge is 2.32. The first-order valence-electron chi connectivity index (χ1n) is 11.7. The Labute approximate surface area is 215 Å². The van der Waals surface area contributed by atoms with Crippen LogP contribution in [0.3, 0.4) is 0 Å². The van der Waals surface area contributed by atoms with Crippen LogP contribution >= 0.6 is 0 Å². The summed E-state index contributed by atoms with van der Waals surface area (Å²) in [6, 6.07) is 2.88. The lowest BCUT2D eigenvalue weighted by Crippen LogP contribution is -2.42. The highest BCUT2D eigenvalue weighted by atomic mass is 19.1. The SMILES string of the molecule is C=CC(=Nc1nc(-c2cnn(C)c2)cnc1C)N(CC1CCC(=O)N1C)c1cc(OC)cc(OC)c1F. The minimum Gasteiger partial charge on any atom is -0.497 e. The molecule has 2 aromatic heterocycles. The van der Waals surface area contributed by atoms with Crippen LogP contribution in [0.4, 0.5) is 15.9 Å². The highest BCUT2D eigenvalue weighted by Crippen LogP contribution is 2.35. The lowest BCUT2D eigenvalue weighted by Gasteiger charge is -2.31. The first kappa shape index (κ1) is 25.8. The topological polar surface area (TPSA) is 98.0 Å². The van der Waals surface area contributed by atoms with Gasteiger partial charge in [0.1, 0.15) is 11.6 Å². The Bertz CT molecular complexity index is 1350. The molecule has 11 heteroatoms. The molecule has 37 heavy (non-hydrogen) atoms. The maximum absolute atomic E-state index is 15.7. The van der Waals surface area contributed by atoms with E-state index in [0.717, 1.165) is 5.56 Å². The van der Waals surface area contributed by atoms with Crippen LogP contribution < -0.4 is 14.4 Å². The van der Waals surface area contributed by atoms with E-state index in [9.17, 15) is 4.79 Å². The molecule has 0 radical (unpaired) electrons. The third kappa shape index (κ3) is 5.30. The molecule has 3 aromatic rings. The summed E-state index contributed by atoms with van der Waals surface area (Å²) in [6.07, 6.45) is 7.77. The van der Waals surface area contributed by atoms with E-state index in [0.29, 0.717) is 41.6 Å². The van der Waals surface area contributed by atoms with Crippen molar-refractivity contribution < 1.29 is 18.7 Å². The van der Waals surface area contributed by atoms with Crippen LogP contribution in [0.5, 0.6) is 11.5 Å². The minimum atomic E-state index is -0.586. The van der Waals surface area contributed by atoms with Crippen molar-refractivity contribution in [1.82, 2.24) is 24.6 Å². The number of hydrogen-bond acceptors (Lipinski definition) is 7. The van der Waals surface area contributed by atoms with Gasteiger partial charge in [0.15, 0.2) is 17.4 Å². The number of amidine groups is 1. The number of aromatic nitrogens is 4. The van der Waals surface area contributed by atoms with Crippen molar-refractivity contribution in [3.8, 4) is 22.8 Å². The van der Waals surface area contributed by atoms with Crippen molar-refractivity contribution in [2.24, 2.45) is 12.0 Å². The lowest BCUT2D eigenvalue weighted by molar-refractivity contribution is -0.127. The molecule has 1 aliphatic rings. The van der Waals surface area contributed by atoms with Crippen molar-refractivity contribution in [2.45, 2.75) is 25.8 Å². The van der Waals surface area contributed by atoms with Gasteiger partial charge >= 0.3 is 0 Å². The quantitative estimate of drug-likeness (QED) is 0.339. The fourth-order valence-corrected chi connectivity index (χ4v) is 4.19. The van der Waals surface area contributed by atoms with Crippen LogP contribution in [-0.2, 0) is 11.8 Å². The number of carbonyl (C=O) groups excluding carboxylic acids is 1. The average Bonchev–Trinajstić information content (AvgIpc) is 3.47. The molecule has 1 aromatic carbocycles. The third-order valence-electron chi connectivity index (χ3n) is 6.38. The Hall–Kier alpha value is -4.28. The van der Waals surface area contributed by atoms with Gasteiger partial charge in [-0.25, -0.2) is 14.4 Å². The summed E-state index contributed by atoms with van der Waals surface area (Å²) in [5.41, 5.74) is 2.15. The monoisotopic (exact) mass is 507 g/mol. The van der Waals surface area contributed by atoms with Gasteiger partial charge in [0.2, 0.25) is 5.91 Å². The molecule has 0 aliphatic carbocycles. The molecule has 10 nitrogen and oxygen atoms in total. The van der Waals surface area contributed by atoms with Gasteiger partial charge in [0, 0.05) is 57.0 Å². The Balaban J connectivity index is 1.84. The van der Waals surface area contributed by atoms with Crippen LogP contribution in [0.1, 0.15) is 18.5 Å². The fourth-order valence-electron chi connectivity index (χ4n) is 4.19. The number of rotatable bonds is 8. The molecule has 1 saturated heterocycles. The molecule has 0 spiro atoms. The van der Waals surface area contributed by atoms with E-state index in [4.69, 9.17) is 14.5 Å². The van der Waals surface area contributed by atoms with Crippen molar-refractivity contribution >= 4 is 23.2 Å². The molecule has 1 fully saturated rings. The molecular formula is C26H30FN7O3. The number of benzene rings is 1. The maximum Gasteiger partial charge on any atom is 0.222 e. The number of ether oxygens (including phenoxy) is 2. The number of anilines is 1. The second kappa shape index (κ2) is 10.8. The number of likely N-dealkylation sites (tertiary alicyclic amines) is 1. The molecule has 1 atom stereocenters. The maximum atomic E-state index is 15.7. The standard InChI is InChI=1S/C26H30FN7O3/c1-7-23(31-26-16(2)28-13-20(30-26)17-12-29-32(3)14-17)34(15-18-8-9-24(35)33(18)4)21-10-19(36-5)11-22(37-6)25(21)27/h7,10-14,18H,1,8-9,15H2,2-6H3. The van der Waals surface area contributed by atoms with E-state index in [-0.39, 0.29) is 29.9 Å². The normalized spacial score (nSPS) is 15.7. The van der Waals surface area contributed by atoms with Crippen LogP contribution in [0.2, 0.25) is 0 Å². The zero-order chi connectivity index (χ0) is 26.7. The van der Waals surface area contributed by atoms with Gasteiger partial charge < -0.3 is 19.3 Å². The van der Waals surface area contributed by atoms with Crippen molar-refractivity contribution in [3.05, 3.63) is 54.9 Å². The summed E-state index contributed by atoms with van der Waals surface area (Å²) in [5, 5.41) is 4.19. The lowest BCUT2D eigenvalue weighted by atomic mass is 10.1. The number of carbonyl (C=O) groups is 1. The molecule has 1 unspecified atom stereocenters. The minimum absolute atomic E-state index is 0.0214. The van der Waals surface area contributed by atoms with Gasteiger partial charge in [-0.15, -0.1) is 0 Å². The van der Waals surface area contributed by atoms with Gasteiger partial charge in [-0.2, -0.15) is 5.10 Å². The Morgan fingerprint density at radius 1 is 1.30 bits per heavy atom. The van der Waals surface area contributed by atoms with Crippen molar-refractivity contribution in [1.29, 1.82) is 0 Å². The van der Waals surface area contributed by atoms with Gasteiger partial charge in [0.25, 0.3) is 0 Å². The first-order chi connectivity index (χ1) is 17.7. The van der Waals surface area contributed by atoms with Crippen molar-refractivity contribution in [3.63, 3.8) is 0 Å². The largest absolute Gasteiger partial charge is 0.497 e. The van der Waals surface area contributed by atoms with Crippen LogP contribution in [0.15, 0.2) is 48.4 Å². The summed E-state index contributed by atoms with van der Waals surface area (Å²) in [4.78, 5) is 29.5. The Morgan fingerprint density at radius 2 is 2.08 bits per heavy atom. The second-order valence-electron chi connectivity index (χ2n) is 8.71. The Kier molecular flexibility index (Phi) is 7.51. The number of likely N-dealkylation sites (N-methyl/N-ethyl adjacent to an activating group) is 1. The van der Waals surface area contributed by atoms with Crippen molar-refractivity contribution in [2.75, 3.05) is 32.7 Å². The number of aliphatic imine (C=N–C) groups is 1. The number of nitrogens with zero attached hydrogens (tertiary/aromatic N) is 7. The first-order valence-corrected chi connectivity index (χ1v) is 11.7. The smallest absolute Gasteiger partial charge is 0.222 e. The molecule has 0 saturated carbocycles. The van der Waals surface area contributed by atoms with Gasteiger partial charge in [-0.05, 0) is 19.4 Å². The third-order valence-corrected chi connectivity index (χ3v) is 6.38. The molecule has 1 amide bonds. The molecule has 4 rings (SSSR count). The van der Waals surface area contributed by atoms with E-state index in [1.54, 1.807) is 46.9 Å². The summed E-state index contributed by atoms with van der Waals surface area (Å²) in [5.74, 6) is 0.573. The van der Waals surface area contributed by atoms with E-state index in [1.807, 2.05) is 13.2 Å². The summed E-state index contributed by atoms with van der Waals surface area (Å²) in [6.45, 7) is 6.01. The second-order valence-corrected chi connectivity index (χ2v) is 8.71. The predicted molar refractivity (Wildman–Crippen MR) is 139 cm³/mol. The molecule has 3 heterocycles. The number of aryl methyl sites for hydroxylation is 2. The van der Waals surface area contributed by atoms with E-state index in [2.05, 4.69) is 21.6 Å². The number of methoxy groups -OCH3 is 2. The molecular weight excluding hydrogens is 477 g/mol. The number of amides is 1. The van der Waals surface area contributed by atoms with Gasteiger partial charge in [-0.3, -0.25) is 14.5 Å². The summed E-state index contributed by atoms with van der Waals surface area (Å²) < 4.78 is 28.0. The van der Waals surface area contributed by atoms with Gasteiger partial charge in [-0.1, -0.05) is 6.58 Å². The zero-order valence-electron chi connectivity index (χ0n) is 21.6. The fraction of sp³-hybridized carbons (Fsp3) is 0.346. The van der Waals surface area contributed by atoms with Crippen LogP contribution in [0.25, 0.3) is 11.3 Å². The number of halogens is 1. The highest BCUT2D eigenvalue weighted by molar-refractivity contribution is 6.07. The van der Waals surface area contributed by atoms with E-state index >= 15 is 4.39 Å². The van der Waals surface area contributed by atoms with Crippen LogP contribution in [-0.4, -0.2) is 70.2 Å². The zero-order valence-corrected chi connectivity index (χ0v) is 21.6. The summed E-state index contributed by atoms with van der Waals surface area (Å²) >= 11 is 0. The predicted octanol–water partition coefficient (Wildman–Crippen LogP) is 3.69. The molecule has 194 valence electrons. The van der Waals surface area contributed by atoms with Crippen LogP contribution in [0, 0.1) is 12.7 Å². The average molecular weight is 508 g/mol. The molecule has 1 aliphatic heterocycles. The van der Waals surface area contributed by atoms with E-state index < -0.39 is 5.82 Å². The van der Waals surface area contributed by atoms with Gasteiger partial charge in [0.05, 0.1) is 43.7 Å². The molecule has 0 N–H and O–H groups in total. The number of hydrogen-bond donors (Lipinski definition) is 0.